The van der Waals surface area contributed by atoms with Crippen molar-refractivity contribution >= 4 is 46.1 Å². The average Bonchev–Trinajstić information content (AvgIpc) is 3.52. The number of methoxy groups -OCH3 is 1. The van der Waals surface area contributed by atoms with Gasteiger partial charge in [0.15, 0.2) is 11.6 Å². The maximum Gasteiger partial charge on any atom is 0.306 e. The fraction of sp³-hybridized carbons (Fsp3) is 0.483. The van der Waals surface area contributed by atoms with Crippen LogP contribution in [0.2, 0.25) is 0 Å². The van der Waals surface area contributed by atoms with Crippen LogP contribution in [0, 0.1) is 33.1 Å². The molecule has 208 valence electrons. The molecule has 0 unspecified atom stereocenters. The molecule has 0 radical (unpaired) electrons. The van der Waals surface area contributed by atoms with E-state index in [1.165, 1.54) is 13.2 Å². The molecule has 0 saturated heterocycles. The van der Waals surface area contributed by atoms with Crippen LogP contribution in [-0.2, 0) is 9.59 Å². The second-order valence-electron chi connectivity index (χ2n) is 10.8. The number of benzene rings is 2. The number of ether oxygens (including phenoxy) is 2. The van der Waals surface area contributed by atoms with Gasteiger partial charge in [0.25, 0.3) is 5.91 Å². The van der Waals surface area contributed by atoms with Crippen molar-refractivity contribution in [3.8, 4) is 11.5 Å². The number of carbonyl (C=O) groups is 3. The van der Waals surface area contributed by atoms with Crippen LogP contribution in [0.5, 0.6) is 11.5 Å². The minimum absolute atomic E-state index is 0.0689. The molecule has 3 N–H and O–H groups in total. The Kier molecular flexibility index (Phi) is 8.29. The molecule has 3 aliphatic carbocycles. The highest BCUT2D eigenvalue weighted by molar-refractivity contribution is 14.1. The molecule has 0 heterocycles. The van der Waals surface area contributed by atoms with E-state index < -0.39 is 23.6 Å². The van der Waals surface area contributed by atoms with Crippen molar-refractivity contribution in [2.24, 2.45) is 23.7 Å². The molecule has 0 spiro atoms. The van der Waals surface area contributed by atoms with E-state index in [9.17, 15) is 23.9 Å². The summed E-state index contributed by atoms with van der Waals surface area (Å²) in [6.45, 7) is 0. The standard InChI is InChI=1S/C29H32FIN2O6/c1-38-23-14-22(30)24(39-20-9-7-15(8-10-20)29(36)37)13-21(23)27(34)33-26-17-6-5-16(11-17)25(26)28(35)32-19-4-2-3-18(31)12-19/h2-4,12-17,20,25-26H,5-11H2,1H3,(H,32,35)(H,33,34)(H,36,37)/t15?,16-,17+,20?,25+,26-/m1/s1. The summed E-state index contributed by atoms with van der Waals surface area (Å²) in [5.41, 5.74) is 0.854. The number of halogens is 2. The van der Waals surface area contributed by atoms with Crippen LogP contribution in [0.1, 0.15) is 55.3 Å². The molecule has 3 fully saturated rings. The predicted molar refractivity (Wildman–Crippen MR) is 150 cm³/mol. The van der Waals surface area contributed by atoms with Gasteiger partial charge in [-0.15, -0.1) is 0 Å². The van der Waals surface area contributed by atoms with Crippen molar-refractivity contribution < 1.29 is 33.4 Å². The lowest BCUT2D eigenvalue weighted by Crippen LogP contribution is -2.48. The second-order valence-corrected chi connectivity index (χ2v) is 12.0. The third-order valence-corrected chi connectivity index (χ3v) is 9.10. The van der Waals surface area contributed by atoms with Crippen LogP contribution in [0.3, 0.4) is 0 Å². The number of carboxylic acid groups (broad SMARTS) is 1. The number of nitrogens with one attached hydrogen (secondary N) is 2. The zero-order chi connectivity index (χ0) is 27.7. The first-order valence-electron chi connectivity index (χ1n) is 13.4. The topological polar surface area (TPSA) is 114 Å². The van der Waals surface area contributed by atoms with Gasteiger partial charge in [0.2, 0.25) is 5.91 Å². The highest BCUT2D eigenvalue weighted by Gasteiger charge is 2.51. The smallest absolute Gasteiger partial charge is 0.306 e. The molecule has 3 saturated carbocycles. The van der Waals surface area contributed by atoms with Gasteiger partial charge in [-0.3, -0.25) is 14.4 Å². The first-order valence-corrected chi connectivity index (χ1v) is 14.5. The summed E-state index contributed by atoms with van der Waals surface area (Å²) in [5, 5.41) is 15.3. The minimum Gasteiger partial charge on any atom is -0.496 e. The number of aliphatic carboxylic acids is 1. The Bertz CT molecular complexity index is 1260. The maximum absolute atomic E-state index is 14.9. The Labute approximate surface area is 240 Å². The fourth-order valence-corrected chi connectivity index (χ4v) is 7.02. The van der Waals surface area contributed by atoms with Crippen molar-refractivity contribution in [2.45, 2.75) is 57.1 Å². The number of hydrogen-bond donors (Lipinski definition) is 3. The summed E-state index contributed by atoms with van der Waals surface area (Å²) in [6.07, 6.45) is 4.34. The van der Waals surface area contributed by atoms with Crippen LogP contribution in [0.25, 0.3) is 0 Å². The van der Waals surface area contributed by atoms with Crippen molar-refractivity contribution in [1.82, 2.24) is 5.32 Å². The van der Waals surface area contributed by atoms with Crippen LogP contribution < -0.4 is 20.1 Å². The van der Waals surface area contributed by atoms with Gasteiger partial charge in [0, 0.05) is 21.4 Å². The fourth-order valence-electron chi connectivity index (χ4n) is 6.48. The molecular weight excluding hydrogens is 618 g/mol. The molecule has 0 aliphatic heterocycles. The molecule has 5 rings (SSSR count). The van der Waals surface area contributed by atoms with E-state index in [1.807, 2.05) is 24.3 Å². The van der Waals surface area contributed by atoms with Crippen LogP contribution >= 0.6 is 22.6 Å². The number of amides is 2. The zero-order valence-corrected chi connectivity index (χ0v) is 23.8. The SMILES string of the molecule is COc1cc(F)c(OC2CCC(C(=O)O)CC2)cc1C(=O)N[C@@H]1[C@H]2CC[C@H](C2)[C@@H]1C(=O)Nc1cccc(I)c1. The van der Waals surface area contributed by atoms with Crippen LogP contribution in [0.4, 0.5) is 10.1 Å². The molecule has 2 aromatic carbocycles. The molecule has 39 heavy (non-hydrogen) atoms. The number of carbonyl (C=O) groups excluding carboxylic acids is 2. The van der Waals surface area contributed by atoms with Gasteiger partial charge >= 0.3 is 5.97 Å². The van der Waals surface area contributed by atoms with E-state index in [4.69, 9.17) is 9.47 Å². The third-order valence-electron chi connectivity index (χ3n) is 8.42. The molecule has 0 aromatic heterocycles. The molecule has 2 amide bonds. The number of anilines is 1. The van der Waals surface area contributed by atoms with Gasteiger partial charge in [-0.05, 0) is 104 Å². The number of rotatable bonds is 8. The highest BCUT2D eigenvalue weighted by Crippen LogP contribution is 2.49. The summed E-state index contributed by atoms with van der Waals surface area (Å²) >= 11 is 2.20. The van der Waals surface area contributed by atoms with Gasteiger partial charge < -0.3 is 25.2 Å². The van der Waals surface area contributed by atoms with Crippen molar-refractivity contribution in [1.29, 1.82) is 0 Å². The van der Waals surface area contributed by atoms with Gasteiger partial charge in [-0.25, -0.2) is 4.39 Å². The maximum atomic E-state index is 14.9. The van der Waals surface area contributed by atoms with Gasteiger partial charge in [0.1, 0.15) is 5.75 Å². The Morgan fingerprint density at radius 1 is 1.00 bits per heavy atom. The monoisotopic (exact) mass is 650 g/mol. The average molecular weight is 650 g/mol. The van der Waals surface area contributed by atoms with E-state index in [2.05, 4.69) is 33.2 Å². The summed E-state index contributed by atoms with van der Waals surface area (Å²) in [5.74, 6) is -2.42. The molecule has 3 aliphatic rings. The summed E-state index contributed by atoms with van der Waals surface area (Å²) in [4.78, 5) is 38.1. The van der Waals surface area contributed by atoms with E-state index in [0.717, 1.165) is 34.6 Å². The second kappa shape index (κ2) is 11.7. The Morgan fingerprint density at radius 2 is 1.74 bits per heavy atom. The van der Waals surface area contributed by atoms with Gasteiger partial charge in [-0.2, -0.15) is 0 Å². The summed E-state index contributed by atoms with van der Waals surface area (Å²) < 4.78 is 27.1. The highest BCUT2D eigenvalue weighted by atomic mass is 127. The molecule has 10 heteroatoms. The predicted octanol–water partition coefficient (Wildman–Crippen LogP) is 5.24. The van der Waals surface area contributed by atoms with E-state index in [1.54, 1.807) is 0 Å². The first-order chi connectivity index (χ1) is 18.7. The lowest BCUT2D eigenvalue weighted by atomic mass is 9.83. The molecular formula is C29H32FIN2O6. The van der Waals surface area contributed by atoms with E-state index in [-0.39, 0.29) is 52.9 Å². The molecule has 2 bridgehead atoms. The first kappa shape index (κ1) is 27.7. The molecule has 2 aromatic rings. The summed E-state index contributed by atoms with van der Waals surface area (Å²) in [6, 6.07) is 9.72. The van der Waals surface area contributed by atoms with E-state index in [0.29, 0.717) is 25.7 Å². The zero-order valence-electron chi connectivity index (χ0n) is 21.6. The largest absolute Gasteiger partial charge is 0.496 e. The number of carboxylic acids is 1. The molecule has 4 atom stereocenters. The number of hydrogen-bond acceptors (Lipinski definition) is 5. The Morgan fingerprint density at radius 3 is 2.44 bits per heavy atom. The lowest BCUT2D eigenvalue weighted by molar-refractivity contribution is -0.143. The molecule has 8 nitrogen and oxygen atoms in total. The Balaban J connectivity index is 1.31. The van der Waals surface area contributed by atoms with Crippen LogP contribution in [-0.4, -0.2) is 42.1 Å². The van der Waals surface area contributed by atoms with Crippen molar-refractivity contribution in [2.75, 3.05) is 12.4 Å². The van der Waals surface area contributed by atoms with Crippen molar-refractivity contribution in [3.05, 3.63) is 51.3 Å². The summed E-state index contributed by atoms with van der Waals surface area (Å²) in [7, 11) is 1.37. The number of fused-ring (bicyclic) bond motifs is 2. The normalized spacial score (nSPS) is 27.6. The minimum atomic E-state index is -0.825. The van der Waals surface area contributed by atoms with Gasteiger partial charge in [-0.1, -0.05) is 6.07 Å². The third kappa shape index (κ3) is 6.00. The van der Waals surface area contributed by atoms with E-state index >= 15 is 0 Å². The Hall–Kier alpha value is -2.89. The van der Waals surface area contributed by atoms with Crippen molar-refractivity contribution in [3.63, 3.8) is 0 Å². The van der Waals surface area contributed by atoms with Crippen LogP contribution in [0.15, 0.2) is 36.4 Å². The lowest BCUT2D eigenvalue weighted by Gasteiger charge is -2.31. The quantitative estimate of drug-likeness (QED) is 0.337. The van der Waals surface area contributed by atoms with Gasteiger partial charge in [0.05, 0.1) is 30.6 Å².